The van der Waals surface area contributed by atoms with E-state index in [2.05, 4.69) is 45.1 Å². The van der Waals surface area contributed by atoms with Crippen molar-refractivity contribution in [2.45, 2.75) is 60.5 Å². The van der Waals surface area contributed by atoms with E-state index in [9.17, 15) is 0 Å². The van der Waals surface area contributed by atoms with E-state index >= 15 is 0 Å². The van der Waals surface area contributed by atoms with Gasteiger partial charge in [0.1, 0.15) is 5.65 Å². The Labute approximate surface area is 161 Å². The molecule has 0 atom stereocenters. The minimum absolute atomic E-state index is 0.212. The van der Waals surface area contributed by atoms with Gasteiger partial charge in [-0.3, -0.25) is 4.40 Å². The third kappa shape index (κ3) is 3.33. The molecule has 0 saturated carbocycles. The van der Waals surface area contributed by atoms with E-state index in [1.54, 1.807) is 0 Å². The zero-order valence-electron chi connectivity index (χ0n) is 16.5. The van der Waals surface area contributed by atoms with E-state index in [1.807, 2.05) is 25.1 Å². The summed E-state index contributed by atoms with van der Waals surface area (Å²) in [5, 5.41) is 0.769. The van der Waals surface area contributed by atoms with Crippen molar-refractivity contribution in [3.8, 4) is 17.0 Å². The van der Waals surface area contributed by atoms with Crippen LogP contribution in [0.5, 0.6) is 5.88 Å². The van der Waals surface area contributed by atoms with Gasteiger partial charge in [0, 0.05) is 28.0 Å². The molecule has 0 spiro atoms. The highest BCUT2D eigenvalue weighted by Gasteiger charge is 2.19. The van der Waals surface area contributed by atoms with Crippen LogP contribution in [0.15, 0.2) is 24.3 Å². The smallest absolute Gasteiger partial charge is 0.201 e. The third-order valence-electron chi connectivity index (χ3n) is 4.96. The molecule has 26 heavy (non-hydrogen) atoms. The molecule has 0 saturated heterocycles. The summed E-state index contributed by atoms with van der Waals surface area (Å²) in [5.74, 6) is 0.870. The molecular weight excluding hydrogens is 344 g/mol. The van der Waals surface area contributed by atoms with Crippen LogP contribution in [0.25, 0.3) is 16.8 Å². The average Bonchev–Trinajstić information content (AvgIpc) is 2.88. The topological polar surface area (TPSA) is 26.5 Å². The van der Waals surface area contributed by atoms with Gasteiger partial charge in [-0.05, 0) is 75.4 Å². The second-order valence-corrected chi connectivity index (χ2v) is 7.50. The lowest BCUT2D eigenvalue weighted by molar-refractivity contribution is 0.182. The second kappa shape index (κ2) is 7.32. The van der Waals surface area contributed by atoms with E-state index in [4.69, 9.17) is 21.3 Å². The van der Waals surface area contributed by atoms with Gasteiger partial charge in [0.05, 0.1) is 6.10 Å². The minimum atomic E-state index is 0.212. The van der Waals surface area contributed by atoms with Crippen LogP contribution >= 0.6 is 11.6 Å². The molecule has 3 rings (SSSR count). The number of hydrogen-bond acceptors (Lipinski definition) is 2. The zero-order valence-corrected chi connectivity index (χ0v) is 17.2. The van der Waals surface area contributed by atoms with Gasteiger partial charge >= 0.3 is 0 Å². The van der Waals surface area contributed by atoms with Crippen molar-refractivity contribution in [2.24, 2.45) is 0 Å². The van der Waals surface area contributed by atoms with Crippen molar-refractivity contribution in [3.05, 3.63) is 51.8 Å². The summed E-state index contributed by atoms with van der Waals surface area (Å²) in [6.45, 7) is 12.7. The molecule has 0 aliphatic heterocycles. The number of aryl methyl sites for hydroxylation is 4. The lowest BCUT2D eigenvalue weighted by atomic mass is 9.97. The fourth-order valence-electron chi connectivity index (χ4n) is 3.69. The van der Waals surface area contributed by atoms with Crippen LogP contribution in [0, 0.1) is 27.7 Å². The molecule has 0 amide bonds. The van der Waals surface area contributed by atoms with Crippen molar-refractivity contribution in [1.82, 2.24) is 9.38 Å². The van der Waals surface area contributed by atoms with E-state index in [1.165, 1.54) is 5.56 Å². The Morgan fingerprint density at radius 1 is 1.00 bits per heavy atom. The molecule has 0 aliphatic rings. The van der Waals surface area contributed by atoms with Gasteiger partial charge in [-0.2, -0.15) is 0 Å². The molecule has 0 bridgehead atoms. The lowest BCUT2D eigenvalue weighted by Gasteiger charge is -2.18. The van der Waals surface area contributed by atoms with E-state index in [0.717, 1.165) is 57.5 Å². The first-order valence-corrected chi connectivity index (χ1v) is 9.66. The summed E-state index contributed by atoms with van der Waals surface area (Å²) in [7, 11) is 0. The summed E-state index contributed by atoms with van der Waals surface area (Å²) in [6, 6.07) is 8.26. The highest BCUT2D eigenvalue weighted by atomic mass is 35.5. The van der Waals surface area contributed by atoms with E-state index in [0.29, 0.717) is 0 Å². The molecule has 4 heteroatoms. The third-order valence-corrected chi connectivity index (χ3v) is 5.18. The molecule has 138 valence electrons. The molecule has 0 fully saturated rings. The first-order valence-electron chi connectivity index (χ1n) is 9.29. The Hall–Kier alpha value is -2.00. The summed E-state index contributed by atoms with van der Waals surface area (Å²) in [6.07, 6.45) is 2.19. The molecule has 2 heterocycles. The van der Waals surface area contributed by atoms with Crippen molar-refractivity contribution in [1.29, 1.82) is 0 Å². The van der Waals surface area contributed by atoms with Crippen molar-refractivity contribution in [2.75, 3.05) is 0 Å². The van der Waals surface area contributed by atoms with Gasteiger partial charge in [0.25, 0.3) is 0 Å². The van der Waals surface area contributed by atoms with E-state index in [-0.39, 0.29) is 6.10 Å². The summed E-state index contributed by atoms with van der Waals surface area (Å²) in [4.78, 5) is 4.85. The van der Waals surface area contributed by atoms with Gasteiger partial charge in [-0.1, -0.05) is 25.4 Å². The standard InChI is InChI=1S/C22H27ClN2O/c1-7-18(8-2)26-20-11-15(5)24-22-19(12-16(6)25(20)22)21-13(3)9-17(23)10-14(21)4/h9-12,18H,7-8H2,1-6H3. The number of aromatic nitrogens is 2. The second-order valence-electron chi connectivity index (χ2n) is 7.07. The van der Waals surface area contributed by atoms with Gasteiger partial charge in [0.15, 0.2) is 0 Å². The molecule has 3 aromatic rings. The minimum Gasteiger partial charge on any atom is -0.475 e. The van der Waals surface area contributed by atoms with Crippen LogP contribution in [-0.2, 0) is 0 Å². The molecule has 0 unspecified atom stereocenters. The van der Waals surface area contributed by atoms with Gasteiger partial charge in [0.2, 0.25) is 5.88 Å². The Balaban J connectivity index is 2.26. The number of benzene rings is 1. The Morgan fingerprint density at radius 2 is 1.62 bits per heavy atom. The fraction of sp³-hybridized carbons (Fsp3) is 0.409. The van der Waals surface area contributed by atoms with Crippen LogP contribution in [-0.4, -0.2) is 15.5 Å². The Morgan fingerprint density at radius 3 is 2.19 bits per heavy atom. The first kappa shape index (κ1) is 18.8. The first-order chi connectivity index (χ1) is 12.3. The van der Waals surface area contributed by atoms with Gasteiger partial charge in [-0.25, -0.2) is 4.98 Å². The Bertz CT molecular complexity index is 931. The van der Waals surface area contributed by atoms with Crippen LogP contribution in [0.3, 0.4) is 0 Å². The van der Waals surface area contributed by atoms with Crippen LogP contribution < -0.4 is 4.74 Å². The molecular formula is C22H27ClN2O. The summed E-state index contributed by atoms with van der Waals surface area (Å²) in [5.41, 5.74) is 7.68. The van der Waals surface area contributed by atoms with Crippen LogP contribution in [0.2, 0.25) is 5.02 Å². The lowest BCUT2D eigenvalue weighted by Crippen LogP contribution is -2.16. The zero-order chi connectivity index (χ0) is 19.0. The quantitative estimate of drug-likeness (QED) is 0.515. The van der Waals surface area contributed by atoms with Crippen LogP contribution in [0.4, 0.5) is 0 Å². The highest BCUT2D eigenvalue weighted by Crippen LogP contribution is 2.36. The van der Waals surface area contributed by atoms with Crippen molar-refractivity contribution in [3.63, 3.8) is 0 Å². The Kier molecular flexibility index (Phi) is 5.29. The monoisotopic (exact) mass is 370 g/mol. The van der Waals surface area contributed by atoms with Crippen LogP contribution in [0.1, 0.15) is 49.2 Å². The number of ether oxygens (including phenoxy) is 1. The molecule has 1 aromatic carbocycles. The molecule has 3 nitrogen and oxygen atoms in total. The molecule has 0 N–H and O–H groups in total. The molecule has 0 aliphatic carbocycles. The van der Waals surface area contributed by atoms with Gasteiger partial charge < -0.3 is 4.74 Å². The van der Waals surface area contributed by atoms with E-state index < -0.39 is 0 Å². The fourth-order valence-corrected chi connectivity index (χ4v) is 4.02. The maximum absolute atomic E-state index is 6.32. The van der Waals surface area contributed by atoms with Crippen molar-refractivity contribution < 1.29 is 4.74 Å². The number of rotatable bonds is 5. The normalized spacial score (nSPS) is 11.5. The number of fused-ring (bicyclic) bond motifs is 1. The molecule has 0 radical (unpaired) electrons. The van der Waals surface area contributed by atoms with Gasteiger partial charge in [-0.15, -0.1) is 0 Å². The predicted molar refractivity (Wildman–Crippen MR) is 110 cm³/mol. The molecule has 2 aromatic heterocycles. The maximum atomic E-state index is 6.32. The summed E-state index contributed by atoms with van der Waals surface area (Å²) >= 11 is 6.23. The predicted octanol–water partition coefficient (Wildman–Crippen LogP) is 6.46. The number of halogens is 1. The number of hydrogen-bond donors (Lipinski definition) is 0. The number of nitrogens with zero attached hydrogens (tertiary/aromatic N) is 2. The highest BCUT2D eigenvalue weighted by molar-refractivity contribution is 6.30. The average molecular weight is 371 g/mol. The maximum Gasteiger partial charge on any atom is 0.201 e. The van der Waals surface area contributed by atoms with Crippen molar-refractivity contribution >= 4 is 17.2 Å². The SMILES string of the molecule is CCC(CC)Oc1cc(C)nc2c(-c3c(C)cc(Cl)cc3C)cc(C)n12. The summed E-state index contributed by atoms with van der Waals surface area (Å²) < 4.78 is 8.45. The largest absolute Gasteiger partial charge is 0.475 e.